The Morgan fingerprint density at radius 2 is 1.86 bits per heavy atom. The van der Waals surface area contributed by atoms with E-state index in [1.807, 2.05) is 0 Å². The van der Waals surface area contributed by atoms with Crippen molar-refractivity contribution in [3.05, 3.63) is 46.3 Å². The van der Waals surface area contributed by atoms with Crippen LogP contribution < -0.4 is 0 Å². The van der Waals surface area contributed by atoms with Crippen LogP contribution in [0.15, 0.2) is 35.4 Å². The van der Waals surface area contributed by atoms with Crippen LogP contribution in [0.25, 0.3) is 10.4 Å². The first-order valence-electron chi connectivity index (χ1n) is 8.20. The van der Waals surface area contributed by atoms with E-state index in [1.165, 1.54) is 37.7 Å². The summed E-state index contributed by atoms with van der Waals surface area (Å²) in [5, 5.41) is 3.99. The second kappa shape index (κ2) is 6.50. The molecule has 1 aromatic carbocycles. The third kappa shape index (κ3) is 2.92. The molecule has 1 aliphatic carbocycles. The minimum atomic E-state index is 0.145. The zero-order valence-corrected chi connectivity index (χ0v) is 12.6. The topological polar surface area (TPSA) is 52.0 Å². The summed E-state index contributed by atoms with van der Waals surface area (Å²) < 4.78 is 0. The maximum Gasteiger partial charge on any atom is 0.0502 e. The third-order valence-electron chi connectivity index (χ3n) is 5.21. The highest BCUT2D eigenvalue weighted by atomic mass is 15.3. The second-order valence-electron chi connectivity index (χ2n) is 6.41. The summed E-state index contributed by atoms with van der Waals surface area (Å²) >= 11 is 0. The van der Waals surface area contributed by atoms with E-state index in [2.05, 4.69) is 45.3 Å². The van der Waals surface area contributed by atoms with Crippen LogP contribution in [-0.4, -0.2) is 24.0 Å². The average molecular weight is 284 g/mol. The summed E-state index contributed by atoms with van der Waals surface area (Å²) in [6.07, 6.45) is 8.60. The Morgan fingerprint density at radius 1 is 1.10 bits per heavy atom. The quantitative estimate of drug-likeness (QED) is 0.454. The molecule has 0 radical (unpaired) electrons. The van der Waals surface area contributed by atoms with Gasteiger partial charge in [0, 0.05) is 17.0 Å². The van der Waals surface area contributed by atoms with Gasteiger partial charge in [-0.15, -0.1) is 0 Å². The predicted molar refractivity (Wildman–Crippen MR) is 84.9 cm³/mol. The lowest BCUT2D eigenvalue weighted by atomic mass is 9.74. The van der Waals surface area contributed by atoms with Gasteiger partial charge in [0.1, 0.15) is 0 Å². The van der Waals surface area contributed by atoms with Crippen LogP contribution in [0.5, 0.6) is 0 Å². The van der Waals surface area contributed by atoms with Crippen molar-refractivity contribution in [2.24, 2.45) is 5.11 Å². The summed E-state index contributed by atoms with van der Waals surface area (Å²) in [5.74, 6) is 0. The van der Waals surface area contributed by atoms with Gasteiger partial charge in [-0.05, 0) is 43.3 Å². The fourth-order valence-electron chi connectivity index (χ4n) is 4.18. The van der Waals surface area contributed by atoms with Crippen molar-refractivity contribution < 1.29 is 0 Å². The summed E-state index contributed by atoms with van der Waals surface area (Å²) in [7, 11) is 0. The Hall–Kier alpha value is -1.51. The number of piperidine rings is 1. The summed E-state index contributed by atoms with van der Waals surface area (Å²) in [5.41, 5.74) is 10.4. The lowest BCUT2D eigenvalue weighted by molar-refractivity contribution is 0.0240. The lowest BCUT2D eigenvalue weighted by Crippen LogP contribution is -2.52. The Morgan fingerprint density at radius 3 is 2.57 bits per heavy atom. The molecule has 0 bridgehead atoms. The van der Waals surface area contributed by atoms with Gasteiger partial charge in [-0.2, -0.15) is 0 Å². The Balaban J connectivity index is 1.90. The second-order valence-corrected chi connectivity index (χ2v) is 6.41. The molecule has 2 aliphatic rings. The molecule has 0 spiro atoms. The van der Waals surface area contributed by atoms with Crippen molar-refractivity contribution in [1.29, 1.82) is 0 Å². The molecule has 112 valence electrons. The van der Waals surface area contributed by atoms with Gasteiger partial charge in [0.25, 0.3) is 0 Å². The first kappa shape index (κ1) is 14.4. The van der Waals surface area contributed by atoms with Crippen LogP contribution in [0.1, 0.15) is 50.5 Å². The van der Waals surface area contributed by atoms with Gasteiger partial charge in [0.05, 0.1) is 6.04 Å². The van der Waals surface area contributed by atoms with Crippen molar-refractivity contribution in [3.8, 4) is 0 Å². The first-order chi connectivity index (χ1) is 10.3. The Labute approximate surface area is 126 Å². The molecule has 2 fully saturated rings. The normalized spacial score (nSPS) is 26.0. The smallest absolute Gasteiger partial charge is 0.0502 e. The zero-order valence-electron chi connectivity index (χ0n) is 12.6. The molecule has 1 aromatic rings. The molecule has 0 N–H and O–H groups in total. The molecule has 4 nitrogen and oxygen atoms in total. The van der Waals surface area contributed by atoms with Gasteiger partial charge in [0.15, 0.2) is 0 Å². The van der Waals surface area contributed by atoms with Crippen molar-refractivity contribution >= 4 is 0 Å². The van der Waals surface area contributed by atoms with Gasteiger partial charge in [-0.3, -0.25) is 4.90 Å². The van der Waals surface area contributed by atoms with Gasteiger partial charge < -0.3 is 0 Å². The Kier molecular flexibility index (Phi) is 4.47. The lowest BCUT2D eigenvalue weighted by Gasteiger charge is -2.49. The molecule has 1 saturated carbocycles. The van der Waals surface area contributed by atoms with E-state index in [1.54, 1.807) is 0 Å². The number of benzene rings is 1. The highest BCUT2D eigenvalue weighted by Gasteiger charge is 2.41. The van der Waals surface area contributed by atoms with E-state index in [9.17, 15) is 0 Å². The molecule has 21 heavy (non-hydrogen) atoms. The van der Waals surface area contributed by atoms with E-state index in [0.717, 1.165) is 25.9 Å². The average Bonchev–Trinajstić information content (AvgIpc) is 2.57. The summed E-state index contributed by atoms with van der Waals surface area (Å²) in [6.45, 7) is 2.05. The van der Waals surface area contributed by atoms with Crippen LogP contribution in [-0.2, 0) is 5.54 Å². The van der Waals surface area contributed by atoms with Crippen molar-refractivity contribution in [1.82, 2.24) is 4.90 Å². The number of hydrogen-bond acceptors (Lipinski definition) is 2. The minimum absolute atomic E-state index is 0.145. The standard InChI is InChI=1S/C17H24N4/c18-20-19-16-10-7-13-21(14-16)17(11-5-2-6-12-17)15-8-3-1-4-9-15/h1,3-4,8-9,16H,2,5-7,10-14H2. The fourth-order valence-corrected chi connectivity index (χ4v) is 4.18. The van der Waals surface area contributed by atoms with Gasteiger partial charge in [-0.25, -0.2) is 0 Å². The molecule has 1 aliphatic heterocycles. The van der Waals surface area contributed by atoms with E-state index in [4.69, 9.17) is 5.53 Å². The SMILES string of the molecule is [N-]=[N+]=NC1CCCN(C2(c3ccccc3)CCCCC2)C1. The van der Waals surface area contributed by atoms with Gasteiger partial charge >= 0.3 is 0 Å². The molecule has 0 aromatic heterocycles. The van der Waals surface area contributed by atoms with Gasteiger partial charge in [-0.1, -0.05) is 54.7 Å². The minimum Gasteiger partial charge on any atom is -0.293 e. The van der Waals surface area contributed by atoms with Gasteiger partial charge in [0.2, 0.25) is 0 Å². The molecule has 1 unspecified atom stereocenters. The van der Waals surface area contributed by atoms with Crippen molar-refractivity contribution in [3.63, 3.8) is 0 Å². The van der Waals surface area contributed by atoms with Crippen molar-refractivity contribution in [2.75, 3.05) is 13.1 Å². The van der Waals surface area contributed by atoms with Crippen LogP contribution in [0.4, 0.5) is 0 Å². The molecule has 3 rings (SSSR count). The van der Waals surface area contributed by atoms with Crippen LogP contribution in [0.3, 0.4) is 0 Å². The monoisotopic (exact) mass is 284 g/mol. The van der Waals surface area contributed by atoms with Crippen LogP contribution in [0.2, 0.25) is 0 Å². The summed E-state index contributed by atoms with van der Waals surface area (Å²) in [6, 6.07) is 11.1. The number of nitrogens with zero attached hydrogens (tertiary/aromatic N) is 4. The van der Waals surface area contributed by atoms with E-state index in [0.29, 0.717) is 0 Å². The molecular weight excluding hydrogens is 260 g/mol. The molecular formula is C17H24N4. The molecule has 4 heteroatoms. The maximum atomic E-state index is 8.74. The number of azide groups is 1. The number of rotatable bonds is 3. The Bertz CT molecular complexity index is 501. The molecule has 1 atom stereocenters. The third-order valence-corrected chi connectivity index (χ3v) is 5.21. The van der Waals surface area contributed by atoms with E-state index < -0.39 is 0 Å². The number of likely N-dealkylation sites (tertiary alicyclic amines) is 1. The molecule has 1 heterocycles. The first-order valence-corrected chi connectivity index (χ1v) is 8.20. The summed E-state index contributed by atoms with van der Waals surface area (Å²) in [4.78, 5) is 5.65. The highest BCUT2D eigenvalue weighted by molar-refractivity contribution is 5.25. The number of hydrogen-bond donors (Lipinski definition) is 0. The zero-order chi connectivity index (χ0) is 14.5. The molecule has 1 saturated heterocycles. The highest BCUT2D eigenvalue weighted by Crippen LogP contribution is 2.43. The maximum absolute atomic E-state index is 8.74. The van der Waals surface area contributed by atoms with Crippen molar-refractivity contribution in [2.45, 2.75) is 56.5 Å². The van der Waals surface area contributed by atoms with Crippen LogP contribution in [0, 0.1) is 0 Å². The van der Waals surface area contributed by atoms with Crippen LogP contribution >= 0.6 is 0 Å². The van der Waals surface area contributed by atoms with E-state index in [-0.39, 0.29) is 11.6 Å². The fraction of sp³-hybridized carbons (Fsp3) is 0.647. The molecule has 0 amide bonds. The largest absolute Gasteiger partial charge is 0.293 e. The predicted octanol–water partition coefficient (Wildman–Crippen LogP) is 4.62. The van der Waals surface area contributed by atoms with E-state index >= 15 is 0 Å².